The molecule has 1 aliphatic rings. The minimum absolute atomic E-state index is 0. The van der Waals surface area contributed by atoms with Crippen LogP contribution in [0.4, 0.5) is 0 Å². The van der Waals surface area contributed by atoms with E-state index in [1.807, 2.05) is 12.2 Å². The molecule has 0 saturated heterocycles. The quantitative estimate of drug-likeness (QED) is 0.524. The first-order valence-corrected chi connectivity index (χ1v) is 7.27. The average Bonchev–Trinajstić information content (AvgIpc) is 3.00. The van der Waals surface area contributed by atoms with E-state index in [-0.39, 0.29) is 63.1 Å². The van der Waals surface area contributed by atoms with Gasteiger partial charge < -0.3 is 14.9 Å². The number of halogens is 1. The first-order valence-electron chi connectivity index (χ1n) is 6.12. The van der Waals surface area contributed by atoms with E-state index in [0.29, 0.717) is 0 Å². The molecule has 0 atom stereocenters. The summed E-state index contributed by atoms with van der Waals surface area (Å²) in [6.45, 7) is 0. The Morgan fingerprint density at radius 2 is 1.23 bits per heavy atom. The van der Waals surface area contributed by atoms with Crippen molar-refractivity contribution in [2.75, 3.05) is 0 Å². The molecule has 0 saturated carbocycles. The largest absolute Gasteiger partial charge is 3.00 e. The summed E-state index contributed by atoms with van der Waals surface area (Å²) in [6.07, 6.45) is 10.0. The van der Waals surface area contributed by atoms with Crippen molar-refractivity contribution in [3.05, 3.63) is 99.8 Å². The van der Waals surface area contributed by atoms with Crippen LogP contribution in [0, 0.1) is 20.9 Å². The van der Waals surface area contributed by atoms with E-state index in [1.54, 1.807) is 0 Å². The van der Waals surface area contributed by atoms with Crippen LogP contribution in [-0.4, -0.2) is 9.52 Å². The van der Waals surface area contributed by atoms with Gasteiger partial charge in [-0.15, -0.1) is 23.4 Å². The molecule has 0 bridgehead atoms. The standard InChI is InChI=1S/C12H11Si.C5H5.2CH3.BrH.Ti/c1-3-7-11(8-4-1)13-12-9-5-2-6-10-12;1-2-4-5-3-1;;;;/h1-10,13H;1-3H,4H2;2*1H3;1H;/q;3*-1;;+3. The summed E-state index contributed by atoms with van der Waals surface area (Å²) in [7, 11) is 0.271. The predicted octanol–water partition coefficient (Wildman–Crippen LogP) is 3.86. The molecule has 0 fully saturated rings. The van der Waals surface area contributed by atoms with Crippen molar-refractivity contribution in [1.82, 2.24) is 0 Å². The number of allylic oxidation sites excluding steroid dienone is 4. The van der Waals surface area contributed by atoms with Crippen molar-refractivity contribution in [3.8, 4) is 0 Å². The normalized spacial score (nSPS) is 9.82. The minimum atomic E-state index is 0. The zero-order chi connectivity index (χ0) is 12.5. The van der Waals surface area contributed by atoms with Gasteiger partial charge in [0, 0.05) is 0 Å². The number of hydrogen-bond donors (Lipinski definition) is 0. The van der Waals surface area contributed by atoms with Gasteiger partial charge in [-0.25, -0.2) is 12.2 Å². The molecule has 1 aliphatic carbocycles. The van der Waals surface area contributed by atoms with Crippen LogP contribution in [0.2, 0.25) is 0 Å². The zero-order valence-corrected chi connectivity index (χ0v) is 17.6. The van der Waals surface area contributed by atoms with E-state index in [0.717, 1.165) is 6.42 Å². The molecule has 2 aromatic carbocycles. The molecule has 0 unspecified atom stereocenters. The molecule has 0 nitrogen and oxygen atoms in total. The third kappa shape index (κ3) is 11.0. The van der Waals surface area contributed by atoms with Crippen LogP contribution >= 0.6 is 17.0 Å². The summed E-state index contributed by atoms with van der Waals surface area (Å²) in [6, 6.07) is 21.3. The first-order chi connectivity index (χ1) is 8.95. The van der Waals surface area contributed by atoms with Crippen molar-refractivity contribution in [2.24, 2.45) is 0 Å². The summed E-state index contributed by atoms with van der Waals surface area (Å²) < 4.78 is 0. The van der Waals surface area contributed by atoms with Gasteiger partial charge in [0.25, 0.3) is 0 Å². The summed E-state index contributed by atoms with van der Waals surface area (Å²) in [5, 5.41) is 2.90. The second-order valence-electron chi connectivity index (χ2n) is 3.97. The summed E-state index contributed by atoms with van der Waals surface area (Å²) in [4.78, 5) is 0. The summed E-state index contributed by atoms with van der Waals surface area (Å²) in [5.41, 5.74) is 0. The van der Waals surface area contributed by atoms with Crippen molar-refractivity contribution in [3.63, 3.8) is 0 Å². The van der Waals surface area contributed by atoms with E-state index < -0.39 is 0 Å². The van der Waals surface area contributed by atoms with E-state index >= 15 is 0 Å². The van der Waals surface area contributed by atoms with E-state index in [1.165, 1.54) is 10.4 Å². The van der Waals surface area contributed by atoms with E-state index in [2.05, 4.69) is 72.8 Å². The maximum atomic E-state index is 2.99. The molecule has 2 aromatic rings. The van der Waals surface area contributed by atoms with Crippen LogP contribution in [-0.2, 0) is 21.7 Å². The minimum Gasteiger partial charge on any atom is -0.358 e. The molecule has 0 aliphatic heterocycles. The fourth-order valence-electron chi connectivity index (χ4n) is 1.63. The van der Waals surface area contributed by atoms with Crippen molar-refractivity contribution >= 4 is 36.9 Å². The molecule has 0 amide bonds. The van der Waals surface area contributed by atoms with Crippen molar-refractivity contribution < 1.29 is 21.7 Å². The van der Waals surface area contributed by atoms with Crippen molar-refractivity contribution in [2.45, 2.75) is 6.42 Å². The van der Waals surface area contributed by atoms with Gasteiger partial charge in [-0.1, -0.05) is 71.0 Å². The van der Waals surface area contributed by atoms with Crippen LogP contribution in [0.25, 0.3) is 0 Å². The molecule has 3 rings (SSSR count). The molecular weight excluding hydrogens is 384 g/mol. The first kappa shape index (κ1) is 26.2. The smallest absolute Gasteiger partial charge is 0.358 e. The summed E-state index contributed by atoms with van der Waals surface area (Å²) >= 11 is 0. The monoisotopic (exact) mass is 406 g/mol. The van der Waals surface area contributed by atoms with Gasteiger partial charge in [-0.3, -0.25) is 6.08 Å². The third-order valence-corrected chi connectivity index (χ3v) is 3.95. The Morgan fingerprint density at radius 3 is 1.50 bits per heavy atom. The third-order valence-electron chi connectivity index (χ3n) is 2.52. The second kappa shape index (κ2) is 16.7. The maximum absolute atomic E-state index is 2.99. The number of rotatable bonds is 2. The van der Waals surface area contributed by atoms with Crippen LogP contribution in [0.3, 0.4) is 0 Å². The van der Waals surface area contributed by atoms with Gasteiger partial charge in [0.15, 0.2) is 0 Å². The number of hydrogen-bond acceptors (Lipinski definition) is 0. The predicted molar refractivity (Wildman–Crippen MR) is 104 cm³/mol. The molecular formula is C19H23BrSiTi. The molecule has 0 spiro atoms. The van der Waals surface area contributed by atoms with Gasteiger partial charge in [0.2, 0.25) is 0 Å². The topological polar surface area (TPSA) is 0 Å². The van der Waals surface area contributed by atoms with Gasteiger partial charge >= 0.3 is 21.7 Å². The fourth-order valence-corrected chi connectivity index (χ4v) is 2.85. The van der Waals surface area contributed by atoms with Crippen molar-refractivity contribution in [1.29, 1.82) is 0 Å². The Hall–Kier alpha value is -0.669. The fraction of sp³-hybridized carbons (Fsp3) is 0.0526. The molecule has 114 valence electrons. The second-order valence-corrected chi connectivity index (χ2v) is 5.59. The van der Waals surface area contributed by atoms with Gasteiger partial charge in [0.1, 0.15) is 9.52 Å². The molecule has 0 heterocycles. The van der Waals surface area contributed by atoms with Crippen LogP contribution < -0.4 is 10.4 Å². The molecule has 3 heteroatoms. The van der Waals surface area contributed by atoms with Crippen LogP contribution in [0.15, 0.2) is 78.9 Å². The van der Waals surface area contributed by atoms with Gasteiger partial charge in [0.05, 0.1) is 0 Å². The van der Waals surface area contributed by atoms with Gasteiger partial charge in [-0.2, -0.15) is 6.08 Å². The molecule has 0 N–H and O–H groups in total. The van der Waals surface area contributed by atoms with E-state index in [4.69, 9.17) is 0 Å². The number of benzene rings is 2. The Kier molecular flexibility index (Phi) is 19.9. The zero-order valence-electron chi connectivity index (χ0n) is 13.2. The van der Waals surface area contributed by atoms with E-state index in [9.17, 15) is 0 Å². The Balaban J connectivity index is -0.000000351. The SMILES string of the molecule is Br.[C-]1=CC=CC1.[CH3-].[CH3-].[Ti+3].c1ccc([SiH]c2ccccc2)cc1. The van der Waals surface area contributed by atoms with Crippen LogP contribution in [0.5, 0.6) is 0 Å². The Bertz CT molecular complexity index is 462. The Morgan fingerprint density at radius 1 is 0.773 bits per heavy atom. The average molecular weight is 407 g/mol. The van der Waals surface area contributed by atoms with Crippen LogP contribution in [0.1, 0.15) is 6.42 Å². The van der Waals surface area contributed by atoms with Gasteiger partial charge in [-0.05, 0) is 0 Å². The summed E-state index contributed by atoms with van der Waals surface area (Å²) in [5.74, 6) is 0. The molecule has 2 radical (unpaired) electrons. The maximum Gasteiger partial charge on any atom is 3.00 e. The molecule has 22 heavy (non-hydrogen) atoms. The molecule has 0 aromatic heterocycles. The Labute approximate surface area is 164 Å².